The van der Waals surface area contributed by atoms with Crippen LogP contribution in [0.3, 0.4) is 0 Å². The molecule has 6 heteroatoms. The molecule has 6 nitrogen and oxygen atoms in total. The molecule has 0 radical (unpaired) electrons. The van der Waals surface area contributed by atoms with Gasteiger partial charge >= 0.3 is 5.69 Å². The lowest BCUT2D eigenvalue weighted by atomic mass is 10.3. The van der Waals surface area contributed by atoms with E-state index >= 15 is 0 Å². The Kier molecular flexibility index (Phi) is 2.22. The molecule has 0 unspecified atom stereocenters. The normalized spacial score (nSPS) is 11.2. The Morgan fingerprint density at radius 3 is 2.94 bits per heavy atom. The third-order valence-electron chi connectivity index (χ3n) is 2.78. The quantitative estimate of drug-likeness (QED) is 0.681. The highest BCUT2D eigenvalue weighted by atomic mass is 16.3. The zero-order chi connectivity index (χ0) is 12.7. The Balaban J connectivity index is 2.00. The van der Waals surface area contributed by atoms with E-state index in [0.29, 0.717) is 23.7 Å². The molecule has 0 bridgehead atoms. The number of hydrogen-bond acceptors (Lipinski definition) is 4. The minimum atomic E-state index is -0.100. The Bertz CT molecular complexity index is 766. The van der Waals surface area contributed by atoms with Crippen molar-refractivity contribution in [3.05, 3.63) is 47.0 Å². The van der Waals surface area contributed by atoms with Crippen molar-refractivity contribution in [3.63, 3.8) is 0 Å². The number of rotatable bonds is 2. The van der Waals surface area contributed by atoms with E-state index in [1.54, 1.807) is 37.6 Å². The summed E-state index contributed by atoms with van der Waals surface area (Å²) in [5, 5.41) is 0. The molecule has 2 aromatic heterocycles. The number of nitrogens with two attached hydrogens (primary N) is 1. The van der Waals surface area contributed by atoms with Crippen LogP contribution in [0.2, 0.25) is 0 Å². The summed E-state index contributed by atoms with van der Waals surface area (Å²) in [5.41, 5.74) is 7.57. The molecule has 0 spiro atoms. The molecule has 0 amide bonds. The number of fused-ring (bicyclic) bond motifs is 1. The number of anilines is 1. The van der Waals surface area contributed by atoms with Crippen molar-refractivity contribution in [1.82, 2.24) is 14.1 Å². The van der Waals surface area contributed by atoms with Crippen LogP contribution in [0.15, 0.2) is 39.8 Å². The van der Waals surface area contributed by atoms with Crippen LogP contribution in [0.1, 0.15) is 5.89 Å². The molecule has 0 aliphatic carbocycles. The van der Waals surface area contributed by atoms with Gasteiger partial charge in [-0.3, -0.25) is 4.57 Å². The van der Waals surface area contributed by atoms with Crippen LogP contribution < -0.4 is 11.4 Å². The van der Waals surface area contributed by atoms with Crippen LogP contribution in [-0.2, 0) is 13.6 Å². The van der Waals surface area contributed by atoms with Gasteiger partial charge in [0.25, 0.3) is 0 Å². The molecule has 92 valence electrons. The van der Waals surface area contributed by atoms with E-state index in [2.05, 4.69) is 4.98 Å². The summed E-state index contributed by atoms with van der Waals surface area (Å²) in [7, 11) is 1.70. The summed E-state index contributed by atoms with van der Waals surface area (Å²) in [6.45, 7) is 0.314. The molecule has 0 aliphatic heterocycles. The predicted octanol–water partition coefficient (Wildman–Crippen LogP) is 0.958. The van der Waals surface area contributed by atoms with Crippen LogP contribution in [0.4, 0.5) is 5.69 Å². The van der Waals surface area contributed by atoms with Gasteiger partial charge in [-0.2, -0.15) is 0 Å². The van der Waals surface area contributed by atoms with E-state index < -0.39 is 0 Å². The van der Waals surface area contributed by atoms with Gasteiger partial charge in [0.05, 0.1) is 0 Å². The first-order chi connectivity index (χ1) is 8.63. The largest absolute Gasteiger partial charge is 0.439 e. The van der Waals surface area contributed by atoms with Crippen LogP contribution in [0, 0.1) is 0 Å². The maximum atomic E-state index is 11.7. The van der Waals surface area contributed by atoms with Gasteiger partial charge in [0.15, 0.2) is 5.58 Å². The first kappa shape index (κ1) is 10.6. The second kappa shape index (κ2) is 3.76. The topological polar surface area (TPSA) is 79.0 Å². The first-order valence-electron chi connectivity index (χ1n) is 5.50. The third kappa shape index (κ3) is 1.67. The molecule has 3 aromatic rings. The van der Waals surface area contributed by atoms with Gasteiger partial charge in [0.2, 0.25) is 5.89 Å². The van der Waals surface area contributed by atoms with E-state index in [-0.39, 0.29) is 5.69 Å². The summed E-state index contributed by atoms with van der Waals surface area (Å²) in [6, 6.07) is 5.29. The summed E-state index contributed by atoms with van der Waals surface area (Å²) in [4.78, 5) is 16.0. The van der Waals surface area contributed by atoms with Crippen molar-refractivity contribution in [2.75, 3.05) is 5.73 Å². The van der Waals surface area contributed by atoms with E-state index in [9.17, 15) is 4.79 Å². The minimum Gasteiger partial charge on any atom is -0.439 e. The van der Waals surface area contributed by atoms with Crippen LogP contribution in [0.5, 0.6) is 0 Å². The molecule has 3 rings (SSSR count). The highest BCUT2D eigenvalue weighted by Crippen LogP contribution is 2.18. The first-order valence-corrected chi connectivity index (χ1v) is 5.50. The minimum absolute atomic E-state index is 0.100. The Labute approximate surface area is 102 Å². The number of oxazole rings is 1. The van der Waals surface area contributed by atoms with Crippen LogP contribution >= 0.6 is 0 Å². The smallest absolute Gasteiger partial charge is 0.328 e. The highest BCUT2D eigenvalue weighted by molar-refractivity contribution is 5.76. The molecule has 2 heterocycles. The standard InChI is InChI=1S/C12H12N4O2/c1-15-4-5-16(12(15)17)7-11-14-9-3-2-8(13)6-10(9)18-11/h2-6H,7,13H2,1H3. The third-order valence-corrected chi connectivity index (χ3v) is 2.78. The maximum Gasteiger partial charge on any atom is 0.328 e. The van der Waals surface area contributed by atoms with Crippen LogP contribution in [-0.4, -0.2) is 14.1 Å². The lowest BCUT2D eigenvalue weighted by Crippen LogP contribution is -2.22. The summed E-state index contributed by atoms with van der Waals surface area (Å²) < 4.78 is 8.59. The van der Waals surface area contributed by atoms with E-state index in [0.717, 1.165) is 5.52 Å². The molecule has 1 aromatic carbocycles. The zero-order valence-corrected chi connectivity index (χ0v) is 9.83. The Hall–Kier alpha value is -2.50. The molecule has 2 N–H and O–H groups in total. The molecule has 0 fully saturated rings. The van der Waals surface area contributed by atoms with Crippen molar-refractivity contribution >= 4 is 16.8 Å². The van der Waals surface area contributed by atoms with Gasteiger partial charge in [-0.15, -0.1) is 0 Å². The van der Waals surface area contributed by atoms with Crippen LogP contribution in [0.25, 0.3) is 11.1 Å². The van der Waals surface area contributed by atoms with Crippen molar-refractivity contribution in [2.45, 2.75) is 6.54 Å². The van der Waals surface area contributed by atoms with Gasteiger partial charge in [-0.05, 0) is 12.1 Å². The highest BCUT2D eigenvalue weighted by Gasteiger charge is 2.08. The van der Waals surface area contributed by atoms with Crippen molar-refractivity contribution in [3.8, 4) is 0 Å². The summed E-state index contributed by atoms with van der Waals surface area (Å²) >= 11 is 0. The Morgan fingerprint density at radius 2 is 2.22 bits per heavy atom. The lowest BCUT2D eigenvalue weighted by molar-refractivity contribution is 0.502. The number of aryl methyl sites for hydroxylation is 1. The Morgan fingerprint density at radius 1 is 1.39 bits per heavy atom. The predicted molar refractivity (Wildman–Crippen MR) is 67.2 cm³/mol. The fourth-order valence-corrected chi connectivity index (χ4v) is 1.83. The summed E-state index contributed by atoms with van der Waals surface area (Å²) in [5.74, 6) is 0.490. The molecule has 0 saturated heterocycles. The van der Waals surface area contributed by atoms with Crippen molar-refractivity contribution in [1.29, 1.82) is 0 Å². The second-order valence-electron chi connectivity index (χ2n) is 4.15. The van der Waals surface area contributed by atoms with E-state index in [1.165, 1.54) is 9.13 Å². The molecule has 18 heavy (non-hydrogen) atoms. The SMILES string of the molecule is Cn1ccn(Cc2nc3ccc(N)cc3o2)c1=O. The fourth-order valence-electron chi connectivity index (χ4n) is 1.83. The molecular weight excluding hydrogens is 232 g/mol. The number of aromatic nitrogens is 3. The van der Waals surface area contributed by atoms with Gasteiger partial charge in [0.1, 0.15) is 12.1 Å². The molecule has 0 saturated carbocycles. The second-order valence-corrected chi connectivity index (χ2v) is 4.15. The molecular formula is C12H12N4O2. The number of hydrogen-bond donors (Lipinski definition) is 1. The fraction of sp³-hybridized carbons (Fsp3) is 0.167. The van der Waals surface area contributed by atoms with Gasteiger partial charge < -0.3 is 14.7 Å². The lowest BCUT2D eigenvalue weighted by Gasteiger charge is -1.95. The van der Waals surface area contributed by atoms with Gasteiger partial charge in [-0.1, -0.05) is 0 Å². The average molecular weight is 244 g/mol. The van der Waals surface area contributed by atoms with Crippen molar-refractivity contribution in [2.24, 2.45) is 7.05 Å². The number of benzene rings is 1. The zero-order valence-electron chi connectivity index (χ0n) is 9.83. The van der Waals surface area contributed by atoms with E-state index in [1.807, 2.05) is 0 Å². The number of nitrogen functional groups attached to an aromatic ring is 1. The van der Waals surface area contributed by atoms with Gasteiger partial charge in [-0.25, -0.2) is 9.78 Å². The number of imidazole rings is 1. The molecule has 0 atom stereocenters. The van der Waals surface area contributed by atoms with E-state index in [4.69, 9.17) is 10.2 Å². The monoisotopic (exact) mass is 244 g/mol. The van der Waals surface area contributed by atoms with Crippen molar-refractivity contribution < 1.29 is 4.42 Å². The van der Waals surface area contributed by atoms with Gasteiger partial charge in [0, 0.05) is 31.2 Å². The number of nitrogens with zero attached hydrogens (tertiary/aromatic N) is 3. The maximum absolute atomic E-state index is 11.7. The average Bonchev–Trinajstić information content (AvgIpc) is 2.86. The molecule has 0 aliphatic rings. The summed E-state index contributed by atoms with van der Waals surface area (Å²) in [6.07, 6.45) is 3.40.